The van der Waals surface area contributed by atoms with E-state index in [1.807, 2.05) is 49.5 Å². The first-order valence-electron chi connectivity index (χ1n) is 10.3. The number of nitrogens with zero attached hydrogens (tertiary/aromatic N) is 3. The summed E-state index contributed by atoms with van der Waals surface area (Å²) in [5, 5.41) is 0.473. The minimum atomic E-state index is -0.250. The molecule has 1 aliphatic heterocycles. The van der Waals surface area contributed by atoms with Gasteiger partial charge >= 0.3 is 0 Å². The highest BCUT2D eigenvalue weighted by atomic mass is 32.2. The van der Waals surface area contributed by atoms with Crippen molar-refractivity contribution in [2.75, 3.05) is 31.9 Å². The molecule has 1 saturated carbocycles. The van der Waals surface area contributed by atoms with Crippen molar-refractivity contribution in [3.05, 3.63) is 59.8 Å². The monoisotopic (exact) mass is 451 g/mol. The van der Waals surface area contributed by atoms with Crippen LogP contribution in [0.25, 0.3) is 6.08 Å². The molecular formula is C24H25N3O4S. The molecule has 0 spiro atoms. The smallest absolute Gasteiger partial charge is 0.283 e. The van der Waals surface area contributed by atoms with Gasteiger partial charge in [0.15, 0.2) is 5.17 Å². The van der Waals surface area contributed by atoms with Crippen LogP contribution in [0.1, 0.15) is 18.4 Å². The van der Waals surface area contributed by atoms with E-state index in [9.17, 15) is 9.59 Å². The lowest BCUT2D eigenvalue weighted by molar-refractivity contribution is -0.127. The van der Waals surface area contributed by atoms with Gasteiger partial charge in [-0.05, 0) is 48.7 Å². The first-order chi connectivity index (χ1) is 15.5. The lowest BCUT2D eigenvalue weighted by atomic mass is 10.2. The molecule has 32 heavy (non-hydrogen) atoms. The van der Waals surface area contributed by atoms with E-state index >= 15 is 0 Å². The van der Waals surface area contributed by atoms with Crippen molar-refractivity contribution in [3.63, 3.8) is 0 Å². The number of hydrogen-bond acceptors (Lipinski definition) is 6. The Morgan fingerprint density at radius 2 is 1.88 bits per heavy atom. The summed E-state index contributed by atoms with van der Waals surface area (Å²) >= 11 is 1.27. The summed E-state index contributed by atoms with van der Waals surface area (Å²) in [5.74, 6) is 1.37. The van der Waals surface area contributed by atoms with E-state index in [4.69, 9.17) is 9.47 Å². The van der Waals surface area contributed by atoms with Crippen LogP contribution >= 0.6 is 11.8 Å². The van der Waals surface area contributed by atoms with Crippen LogP contribution in [-0.2, 0) is 9.59 Å². The van der Waals surface area contributed by atoms with Crippen LogP contribution in [0.4, 0.5) is 5.69 Å². The SMILES string of the molecule is COc1ccc(/C=C2\N=C(SCC(=O)N(C)C3CC3)N(c3cccc(OC)c3)C2=O)cc1. The van der Waals surface area contributed by atoms with Gasteiger partial charge in [-0.2, -0.15) is 0 Å². The van der Waals surface area contributed by atoms with Gasteiger partial charge in [0, 0.05) is 19.2 Å². The zero-order valence-electron chi connectivity index (χ0n) is 18.3. The second kappa shape index (κ2) is 9.48. The minimum Gasteiger partial charge on any atom is -0.497 e. The number of hydrogen-bond donors (Lipinski definition) is 0. The molecule has 0 radical (unpaired) electrons. The van der Waals surface area contributed by atoms with Crippen LogP contribution in [0, 0.1) is 0 Å². The van der Waals surface area contributed by atoms with Crippen LogP contribution < -0.4 is 14.4 Å². The van der Waals surface area contributed by atoms with Crippen LogP contribution in [0.5, 0.6) is 11.5 Å². The maximum atomic E-state index is 13.3. The number of anilines is 1. The van der Waals surface area contributed by atoms with Crippen molar-refractivity contribution in [1.82, 2.24) is 4.90 Å². The molecule has 2 aromatic carbocycles. The number of methoxy groups -OCH3 is 2. The van der Waals surface area contributed by atoms with Gasteiger partial charge in [-0.3, -0.25) is 14.5 Å². The second-order valence-electron chi connectivity index (χ2n) is 7.56. The molecule has 1 aliphatic carbocycles. The van der Waals surface area contributed by atoms with E-state index in [1.165, 1.54) is 16.7 Å². The molecule has 1 fully saturated rings. The van der Waals surface area contributed by atoms with Gasteiger partial charge < -0.3 is 14.4 Å². The fourth-order valence-electron chi connectivity index (χ4n) is 3.32. The van der Waals surface area contributed by atoms with Gasteiger partial charge in [-0.25, -0.2) is 4.99 Å². The van der Waals surface area contributed by atoms with E-state index < -0.39 is 0 Å². The number of rotatable bonds is 7. The maximum absolute atomic E-state index is 13.3. The predicted octanol–water partition coefficient (Wildman–Crippen LogP) is 3.80. The molecule has 0 N–H and O–H groups in total. The van der Waals surface area contributed by atoms with E-state index in [0.717, 1.165) is 24.2 Å². The van der Waals surface area contributed by atoms with Gasteiger partial charge in [0.2, 0.25) is 5.91 Å². The molecule has 0 unspecified atom stereocenters. The zero-order valence-corrected chi connectivity index (χ0v) is 19.1. The number of benzene rings is 2. The van der Waals surface area contributed by atoms with Crippen molar-refractivity contribution < 1.29 is 19.1 Å². The maximum Gasteiger partial charge on any atom is 0.283 e. The highest BCUT2D eigenvalue weighted by Gasteiger charge is 2.34. The van der Waals surface area contributed by atoms with Gasteiger partial charge in [-0.1, -0.05) is 30.0 Å². The Kier molecular flexibility index (Phi) is 6.50. The number of carbonyl (C=O) groups is 2. The fourth-order valence-corrected chi connectivity index (χ4v) is 4.26. The quantitative estimate of drug-likeness (QED) is 0.599. The average Bonchev–Trinajstić information content (AvgIpc) is 3.62. The van der Waals surface area contributed by atoms with Crippen LogP contribution in [0.2, 0.25) is 0 Å². The molecule has 1 heterocycles. The first-order valence-corrected chi connectivity index (χ1v) is 11.3. The normalized spacial score (nSPS) is 16.8. The summed E-state index contributed by atoms with van der Waals surface area (Å²) in [4.78, 5) is 33.8. The Hall–Kier alpha value is -3.26. The van der Waals surface area contributed by atoms with Crippen molar-refractivity contribution in [2.24, 2.45) is 4.99 Å². The molecule has 0 bridgehead atoms. The number of aliphatic imine (C=N–C) groups is 1. The molecule has 0 saturated heterocycles. The molecule has 166 valence electrons. The predicted molar refractivity (Wildman–Crippen MR) is 127 cm³/mol. The Morgan fingerprint density at radius 3 is 2.53 bits per heavy atom. The third-order valence-electron chi connectivity index (χ3n) is 5.37. The molecule has 2 aromatic rings. The summed E-state index contributed by atoms with van der Waals surface area (Å²) in [5.41, 5.74) is 1.78. The van der Waals surface area contributed by atoms with Crippen LogP contribution in [-0.4, -0.2) is 54.9 Å². The Bertz CT molecular complexity index is 1080. The Balaban J connectivity index is 1.61. The molecular weight excluding hydrogens is 426 g/mol. The molecule has 0 aromatic heterocycles. The second-order valence-corrected chi connectivity index (χ2v) is 8.51. The fraction of sp³-hybridized carbons (Fsp3) is 0.292. The van der Waals surface area contributed by atoms with Crippen LogP contribution in [0.15, 0.2) is 59.2 Å². The molecule has 7 nitrogen and oxygen atoms in total. The third kappa shape index (κ3) is 4.80. The van der Waals surface area contributed by atoms with Crippen molar-refractivity contribution in [3.8, 4) is 11.5 Å². The lowest BCUT2D eigenvalue weighted by Crippen LogP contribution is -2.33. The number of thioether (sulfide) groups is 1. The summed E-state index contributed by atoms with van der Waals surface area (Å²) < 4.78 is 10.5. The van der Waals surface area contributed by atoms with Crippen molar-refractivity contribution in [1.29, 1.82) is 0 Å². The van der Waals surface area contributed by atoms with Gasteiger partial charge in [0.1, 0.15) is 17.2 Å². The Labute approximate surface area is 191 Å². The number of amidine groups is 1. The number of ether oxygens (including phenoxy) is 2. The highest BCUT2D eigenvalue weighted by molar-refractivity contribution is 8.14. The zero-order chi connectivity index (χ0) is 22.7. The summed E-state index contributed by atoms with van der Waals surface area (Å²) in [6, 6.07) is 15.0. The Morgan fingerprint density at radius 1 is 1.16 bits per heavy atom. The van der Waals surface area contributed by atoms with Crippen LogP contribution in [0.3, 0.4) is 0 Å². The molecule has 2 aliphatic rings. The molecule has 4 rings (SSSR count). The van der Waals surface area contributed by atoms with Gasteiger partial charge in [0.05, 0.1) is 25.7 Å². The third-order valence-corrected chi connectivity index (χ3v) is 6.30. The lowest BCUT2D eigenvalue weighted by Gasteiger charge is -2.20. The topological polar surface area (TPSA) is 71.4 Å². The first kappa shape index (κ1) is 22.0. The highest BCUT2D eigenvalue weighted by Crippen LogP contribution is 2.32. The van der Waals surface area contributed by atoms with Gasteiger partial charge in [0.25, 0.3) is 5.91 Å². The summed E-state index contributed by atoms with van der Waals surface area (Å²) in [6.07, 6.45) is 3.84. The molecule has 2 amide bonds. The van der Waals surface area contributed by atoms with E-state index in [1.54, 1.807) is 31.3 Å². The molecule has 8 heteroatoms. The summed E-state index contributed by atoms with van der Waals surface area (Å²) in [6.45, 7) is 0. The van der Waals surface area contributed by atoms with Crippen molar-refractivity contribution >= 4 is 40.5 Å². The van der Waals surface area contributed by atoms with E-state index in [2.05, 4.69) is 4.99 Å². The molecule has 0 atom stereocenters. The largest absolute Gasteiger partial charge is 0.497 e. The van der Waals surface area contributed by atoms with E-state index in [0.29, 0.717) is 28.3 Å². The van der Waals surface area contributed by atoms with Crippen molar-refractivity contribution in [2.45, 2.75) is 18.9 Å². The summed E-state index contributed by atoms with van der Waals surface area (Å²) in [7, 11) is 5.02. The average molecular weight is 452 g/mol. The minimum absolute atomic E-state index is 0.0332. The van der Waals surface area contributed by atoms with Gasteiger partial charge in [-0.15, -0.1) is 0 Å². The number of carbonyl (C=O) groups excluding carboxylic acids is 2. The number of amides is 2. The standard InChI is InChI=1S/C24H25N3O4S/c1-26(17-9-10-17)22(28)15-32-24-25-21(13-16-7-11-19(30-2)12-8-16)23(29)27(24)18-5-4-6-20(14-18)31-3/h4-8,11-14,17H,9-10,15H2,1-3H3/b21-13-. The van der Waals surface area contributed by atoms with E-state index in [-0.39, 0.29) is 17.6 Å².